The minimum absolute atomic E-state index is 0.0513. The van der Waals surface area contributed by atoms with Crippen molar-refractivity contribution in [2.24, 2.45) is 11.8 Å². The van der Waals surface area contributed by atoms with E-state index in [0.717, 1.165) is 17.5 Å². The molecule has 1 saturated carbocycles. The van der Waals surface area contributed by atoms with Gasteiger partial charge in [0, 0.05) is 12.0 Å². The van der Waals surface area contributed by atoms with Crippen LogP contribution in [0, 0.1) is 11.8 Å². The summed E-state index contributed by atoms with van der Waals surface area (Å²) in [6, 6.07) is 19.2. The number of nitrogens with one attached hydrogen (secondary N) is 2. The average molecular weight is 366 g/mol. The number of amides is 2. The zero-order valence-corrected chi connectivity index (χ0v) is 15.7. The molecule has 2 aromatic carbocycles. The van der Waals surface area contributed by atoms with Crippen molar-refractivity contribution in [3.05, 3.63) is 71.8 Å². The topological polar surface area (TPSA) is 67.4 Å². The number of alkyl carbamates (subject to hydrolysis) is 1. The van der Waals surface area contributed by atoms with E-state index in [1.54, 1.807) is 0 Å². The molecule has 0 unspecified atom stereocenters. The van der Waals surface area contributed by atoms with Crippen molar-refractivity contribution < 1.29 is 14.3 Å². The summed E-state index contributed by atoms with van der Waals surface area (Å²) < 4.78 is 5.37. The zero-order chi connectivity index (χ0) is 19.2. The Bertz CT molecular complexity index is 762. The third kappa shape index (κ3) is 5.33. The van der Waals surface area contributed by atoms with Crippen LogP contribution in [0.25, 0.3) is 0 Å². The molecule has 1 aliphatic carbocycles. The first-order valence-electron chi connectivity index (χ1n) is 9.37. The maximum atomic E-state index is 12.4. The molecule has 142 valence electrons. The monoisotopic (exact) mass is 366 g/mol. The largest absolute Gasteiger partial charge is 0.445 e. The molecule has 5 nitrogen and oxygen atoms in total. The number of carbonyl (C=O) groups is 2. The van der Waals surface area contributed by atoms with Crippen molar-refractivity contribution >= 4 is 12.0 Å². The van der Waals surface area contributed by atoms with Crippen LogP contribution in [0.5, 0.6) is 0 Å². The SMILES string of the molecule is CC(C)NC(=O)[C@@H]1C[C@@H]1[C@@H](NC(=O)OCc1ccccc1)c1ccccc1. The van der Waals surface area contributed by atoms with Crippen LogP contribution in [0.4, 0.5) is 4.79 Å². The van der Waals surface area contributed by atoms with E-state index in [4.69, 9.17) is 4.74 Å². The van der Waals surface area contributed by atoms with Gasteiger partial charge in [-0.05, 0) is 37.3 Å². The highest BCUT2D eigenvalue weighted by Gasteiger charge is 2.48. The fourth-order valence-corrected chi connectivity index (χ4v) is 3.27. The first-order chi connectivity index (χ1) is 13.0. The Hall–Kier alpha value is -2.82. The summed E-state index contributed by atoms with van der Waals surface area (Å²) in [5, 5.41) is 5.92. The number of benzene rings is 2. The second kappa shape index (κ2) is 8.71. The van der Waals surface area contributed by atoms with Crippen molar-refractivity contribution in [1.82, 2.24) is 10.6 Å². The van der Waals surface area contributed by atoms with Crippen LogP contribution in [-0.4, -0.2) is 18.0 Å². The van der Waals surface area contributed by atoms with Crippen molar-refractivity contribution in [3.63, 3.8) is 0 Å². The van der Waals surface area contributed by atoms with E-state index in [9.17, 15) is 9.59 Å². The van der Waals surface area contributed by atoms with E-state index in [1.165, 1.54) is 0 Å². The van der Waals surface area contributed by atoms with E-state index in [0.29, 0.717) is 0 Å². The Morgan fingerprint density at radius 1 is 1.00 bits per heavy atom. The lowest BCUT2D eigenvalue weighted by atomic mass is 10.0. The van der Waals surface area contributed by atoms with Gasteiger partial charge in [0.2, 0.25) is 5.91 Å². The molecule has 0 spiro atoms. The van der Waals surface area contributed by atoms with Crippen molar-refractivity contribution in [3.8, 4) is 0 Å². The molecule has 0 aromatic heterocycles. The highest BCUT2D eigenvalue weighted by Crippen LogP contribution is 2.47. The molecule has 0 heterocycles. The minimum atomic E-state index is -0.470. The standard InChI is InChI=1S/C22H26N2O3/c1-15(2)23-21(25)19-13-18(19)20(17-11-7-4-8-12-17)24-22(26)27-14-16-9-5-3-6-10-16/h3-12,15,18-20H,13-14H2,1-2H3,(H,23,25)(H,24,26)/t18-,19+,20-/m0/s1. The minimum Gasteiger partial charge on any atom is -0.445 e. The molecule has 0 aliphatic heterocycles. The van der Waals surface area contributed by atoms with Gasteiger partial charge in [-0.15, -0.1) is 0 Å². The summed E-state index contributed by atoms with van der Waals surface area (Å²) in [6.45, 7) is 4.11. The summed E-state index contributed by atoms with van der Waals surface area (Å²) in [7, 11) is 0. The number of hydrogen-bond donors (Lipinski definition) is 2. The van der Waals surface area contributed by atoms with E-state index in [1.807, 2.05) is 74.5 Å². The molecule has 27 heavy (non-hydrogen) atoms. The Morgan fingerprint density at radius 3 is 2.26 bits per heavy atom. The fraction of sp³-hybridized carbons (Fsp3) is 0.364. The summed E-state index contributed by atoms with van der Waals surface area (Å²) in [6.07, 6.45) is 0.291. The van der Waals surface area contributed by atoms with Crippen molar-refractivity contribution in [1.29, 1.82) is 0 Å². The van der Waals surface area contributed by atoms with Crippen molar-refractivity contribution in [2.75, 3.05) is 0 Å². The van der Waals surface area contributed by atoms with Crippen LogP contribution in [0.3, 0.4) is 0 Å². The lowest BCUT2D eigenvalue weighted by Crippen LogP contribution is -2.34. The molecule has 2 amide bonds. The quantitative estimate of drug-likeness (QED) is 0.783. The number of ether oxygens (including phenoxy) is 1. The second-order valence-corrected chi connectivity index (χ2v) is 7.26. The van der Waals surface area contributed by atoms with Crippen LogP contribution in [-0.2, 0) is 16.1 Å². The fourth-order valence-electron chi connectivity index (χ4n) is 3.27. The van der Waals surface area contributed by atoms with Gasteiger partial charge >= 0.3 is 6.09 Å². The molecule has 1 aliphatic rings. The lowest BCUT2D eigenvalue weighted by Gasteiger charge is -2.19. The molecule has 0 radical (unpaired) electrons. The van der Waals surface area contributed by atoms with Crippen LogP contribution < -0.4 is 10.6 Å². The van der Waals surface area contributed by atoms with Gasteiger partial charge in [-0.3, -0.25) is 4.79 Å². The van der Waals surface area contributed by atoms with Crippen LogP contribution in [0.2, 0.25) is 0 Å². The van der Waals surface area contributed by atoms with E-state index < -0.39 is 6.09 Å². The van der Waals surface area contributed by atoms with E-state index in [2.05, 4.69) is 10.6 Å². The second-order valence-electron chi connectivity index (χ2n) is 7.26. The zero-order valence-electron chi connectivity index (χ0n) is 15.7. The third-order valence-electron chi connectivity index (χ3n) is 4.68. The highest BCUT2D eigenvalue weighted by molar-refractivity contribution is 5.82. The van der Waals surface area contributed by atoms with Gasteiger partial charge in [-0.1, -0.05) is 60.7 Å². The molecular weight excluding hydrogens is 340 g/mol. The summed E-state index contributed by atoms with van der Waals surface area (Å²) in [5.74, 6) is 0.0536. The van der Waals surface area contributed by atoms with Gasteiger partial charge in [-0.25, -0.2) is 4.79 Å². The molecule has 5 heteroatoms. The molecule has 0 bridgehead atoms. The Kier molecular flexibility index (Phi) is 6.12. The number of hydrogen-bond acceptors (Lipinski definition) is 3. The Labute approximate surface area is 160 Å². The van der Waals surface area contributed by atoms with Gasteiger partial charge in [0.15, 0.2) is 0 Å². The van der Waals surface area contributed by atoms with Gasteiger partial charge < -0.3 is 15.4 Å². The smallest absolute Gasteiger partial charge is 0.407 e. The molecule has 2 N–H and O–H groups in total. The van der Waals surface area contributed by atoms with Gasteiger partial charge in [0.1, 0.15) is 6.61 Å². The van der Waals surface area contributed by atoms with Crippen molar-refractivity contribution in [2.45, 2.75) is 39.0 Å². The highest BCUT2D eigenvalue weighted by atomic mass is 16.5. The first-order valence-corrected chi connectivity index (χ1v) is 9.37. The predicted octanol–water partition coefficient (Wildman–Crippen LogP) is 3.81. The molecule has 1 fully saturated rings. The Morgan fingerprint density at radius 2 is 1.63 bits per heavy atom. The molecule has 0 saturated heterocycles. The number of rotatable bonds is 7. The molecule has 3 atom stereocenters. The summed E-state index contributed by atoms with van der Waals surface area (Å²) in [5.41, 5.74) is 1.92. The average Bonchev–Trinajstić information content (AvgIpc) is 3.46. The molecule has 2 aromatic rings. The van der Waals surface area contributed by atoms with Gasteiger partial charge in [0.05, 0.1) is 6.04 Å². The maximum Gasteiger partial charge on any atom is 0.407 e. The normalized spacial score (nSPS) is 19.2. The number of carbonyl (C=O) groups excluding carboxylic acids is 2. The van der Waals surface area contributed by atoms with Crippen LogP contribution in [0.1, 0.15) is 37.4 Å². The molecule has 3 rings (SSSR count). The van der Waals surface area contributed by atoms with Gasteiger partial charge in [-0.2, -0.15) is 0 Å². The van der Waals surface area contributed by atoms with Gasteiger partial charge in [0.25, 0.3) is 0 Å². The lowest BCUT2D eigenvalue weighted by molar-refractivity contribution is -0.123. The van der Waals surface area contributed by atoms with E-state index in [-0.39, 0.29) is 36.4 Å². The maximum absolute atomic E-state index is 12.4. The first kappa shape index (κ1) is 19.0. The Balaban J connectivity index is 1.63. The summed E-state index contributed by atoms with van der Waals surface area (Å²) >= 11 is 0. The van der Waals surface area contributed by atoms with Crippen LogP contribution >= 0.6 is 0 Å². The van der Waals surface area contributed by atoms with Crippen LogP contribution in [0.15, 0.2) is 60.7 Å². The molecular formula is C22H26N2O3. The van der Waals surface area contributed by atoms with E-state index >= 15 is 0 Å². The summed E-state index contributed by atoms with van der Waals surface area (Å²) in [4.78, 5) is 24.7. The third-order valence-corrected chi connectivity index (χ3v) is 4.68. The predicted molar refractivity (Wildman–Crippen MR) is 104 cm³/mol.